The summed E-state index contributed by atoms with van der Waals surface area (Å²) in [4.78, 5) is 14.8. The van der Waals surface area contributed by atoms with E-state index < -0.39 is 0 Å². The molecule has 0 aromatic heterocycles. The van der Waals surface area contributed by atoms with Crippen LogP contribution in [0.25, 0.3) is 11.1 Å². The van der Waals surface area contributed by atoms with Crippen molar-refractivity contribution in [2.24, 2.45) is 0 Å². The zero-order chi connectivity index (χ0) is 15.6. The van der Waals surface area contributed by atoms with Crippen molar-refractivity contribution in [1.82, 2.24) is 4.90 Å². The molecule has 0 aliphatic carbocycles. The molecule has 0 spiro atoms. The van der Waals surface area contributed by atoms with Crippen molar-refractivity contribution >= 4 is 5.91 Å². The number of hydrogen-bond acceptors (Lipinski definition) is 2. The Hall–Kier alpha value is -2.13. The summed E-state index contributed by atoms with van der Waals surface area (Å²) in [6.45, 7) is 5.92. The number of rotatable bonds is 2. The minimum Gasteiger partial charge on any atom is -0.377 e. The summed E-state index contributed by atoms with van der Waals surface area (Å²) in [5, 5.41) is 0. The Balaban J connectivity index is 1.90. The lowest BCUT2D eigenvalue weighted by Crippen LogP contribution is -2.55. The van der Waals surface area contributed by atoms with Crippen LogP contribution in [0.3, 0.4) is 0 Å². The lowest BCUT2D eigenvalue weighted by atomic mass is 9.99. The van der Waals surface area contributed by atoms with Gasteiger partial charge in [0.2, 0.25) is 0 Å². The highest BCUT2D eigenvalue weighted by molar-refractivity contribution is 5.96. The van der Waals surface area contributed by atoms with Crippen molar-refractivity contribution in [3.63, 3.8) is 0 Å². The summed E-state index contributed by atoms with van der Waals surface area (Å²) in [5.41, 5.74) is 2.66. The van der Waals surface area contributed by atoms with Crippen molar-refractivity contribution in [3.8, 4) is 11.1 Å². The summed E-state index contributed by atoms with van der Waals surface area (Å²) in [6.07, 6.45) is 0. The molecule has 0 N–H and O–H groups in total. The third-order valence-corrected chi connectivity index (χ3v) is 4.11. The van der Waals surface area contributed by atoms with E-state index in [1.807, 2.05) is 61.2 Å². The fourth-order valence-electron chi connectivity index (χ4n) is 2.85. The van der Waals surface area contributed by atoms with Gasteiger partial charge >= 0.3 is 0 Å². The highest BCUT2D eigenvalue weighted by atomic mass is 16.5. The minimum absolute atomic E-state index is 0.0751. The van der Waals surface area contributed by atoms with Gasteiger partial charge in [0.25, 0.3) is 5.91 Å². The van der Waals surface area contributed by atoms with Crippen LogP contribution in [0.4, 0.5) is 0 Å². The van der Waals surface area contributed by atoms with E-state index in [9.17, 15) is 4.79 Å². The standard InChI is InChI=1S/C19H21NO2/c1-19(2)14-22-12-11-20(19)18(21)17-10-6-9-16(13-17)15-7-4-3-5-8-15/h3-10,13H,11-12,14H2,1-2H3. The van der Waals surface area contributed by atoms with Crippen LogP contribution in [-0.2, 0) is 4.74 Å². The number of benzene rings is 2. The zero-order valence-corrected chi connectivity index (χ0v) is 13.1. The number of hydrogen-bond donors (Lipinski definition) is 0. The second kappa shape index (κ2) is 5.93. The first-order valence-electron chi connectivity index (χ1n) is 7.63. The van der Waals surface area contributed by atoms with Gasteiger partial charge in [0, 0.05) is 12.1 Å². The molecule has 1 heterocycles. The van der Waals surface area contributed by atoms with Crippen LogP contribution < -0.4 is 0 Å². The molecule has 2 aromatic rings. The second-order valence-corrected chi connectivity index (χ2v) is 6.27. The molecule has 0 bridgehead atoms. The van der Waals surface area contributed by atoms with Gasteiger partial charge < -0.3 is 9.64 Å². The van der Waals surface area contributed by atoms with E-state index in [0.29, 0.717) is 19.8 Å². The van der Waals surface area contributed by atoms with Gasteiger partial charge in [0.1, 0.15) is 0 Å². The van der Waals surface area contributed by atoms with Gasteiger partial charge in [-0.25, -0.2) is 0 Å². The maximum absolute atomic E-state index is 12.9. The average molecular weight is 295 g/mol. The number of morpholine rings is 1. The first-order chi connectivity index (χ1) is 10.6. The second-order valence-electron chi connectivity index (χ2n) is 6.27. The van der Waals surface area contributed by atoms with E-state index in [-0.39, 0.29) is 11.4 Å². The van der Waals surface area contributed by atoms with E-state index >= 15 is 0 Å². The molecule has 1 fully saturated rings. The normalized spacial score (nSPS) is 17.3. The summed E-state index contributed by atoms with van der Waals surface area (Å²) in [5.74, 6) is 0.0751. The third-order valence-electron chi connectivity index (χ3n) is 4.11. The van der Waals surface area contributed by atoms with Gasteiger partial charge in [-0.05, 0) is 37.1 Å². The van der Waals surface area contributed by atoms with Crippen molar-refractivity contribution in [2.75, 3.05) is 19.8 Å². The topological polar surface area (TPSA) is 29.5 Å². The van der Waals surface area contributed by atoms with Crippen LogP contribution in [0, 0.1) is 0 Å². The van der Waals surface area contributed by atoms with Crippen LogP contribution >= 0.6 is 0 Å². The van der Waals surface area contributed by atoms with Crippen LogP contribution in [0.1, 0.15) is 24.2 Å². The molecule has 1 aliphatic rings. The number of carbonyl (C=O) groups is 1. The molecule has 3 heteroatoms. The van der Waals surface area contributed by atoms with Crippen molar-refractivity contribution in [2.45, 2.75) is 19.4 Å². The van der Waals surface area contributed by atoms with Crippen molar-refractivity contribution in [3.05, 3.63) is 60.2 Å². The Bertz CT molecular complexity index is 664. The molecule has 0 unspecified atom stereocenters. The predicted octanol–water partition coefficient (Wildman–Crippen LogP) is 3.60. The largest absolute Gasteiger partial charge is 0.377 e. The molecule has 1 amide bonds. The van der Waals surface area contributed by atoms with Crippen LogP contribution in [0.15, 0.2) is 54.6 Å². The Kier molecular flexibility index (Phi) is 3.99. The average Bonchev–Trinajstić information content (AvgIpc) is 2.55. The molecule has 0 radical (unpaired) electrons. The highest BCUT2D eigenvalue weighted by Gasteiger charge is 2.34. The first kappa shape index (κ1) is 14.8. The summed E-state index contributed by atoms with van der Waals surface area (Å²) >= 11 is 0. The molecule has 1 saturated heterocycles. The maximum atomic E-state index is 12.9. The maximum Gasteiger partial charge on any atom is 0.254 e. The summed E-state index contributed by atoms with van der Waals surface area (Å²) in [6, 6.07) is 18.0. The molecule has 114 valence electrons. The third kappa shape index (κ3) is 2.90. The van der Waals surface area contributed by atoms with Gasteiger partial charge in [-0.3, -0.25) is 4.79 Å². The van der Waals surface area contributed by atoms with Crippen LogP contribution in [0.5, 0.6) is 0 Å². The zero-order valence-electron chi connectivity index (χ0n) is 13.1. The fraction of sp³-hybridized carbons (Fsp3) is 0.316. The lowest BCUT2D eigenvalue weighted by molar-refractivity contribution is -0.0370. The van der Waals surface area contributed by atoms with E-state index in [2.05, 4.69) is 12.1 Å². The Labute approximate surface area is 131 Å². The number of nitrogens with zero attached hydrogens (tertiary/aromatic N) is 1. The van der Waals surface area contributed by atoms with E-state index in [4.69, 9.17) is 4.74 Å². The van der Waals surface area contributed by atoms with E-state index in [1.165, 1.54) is 0 Å². The van der Waals surface area contributed by atoms with E-state index in [1.54, 1.807) is 0 Å². The summed E-state index contributed by atoms with van der Waals surface area (Å²) < 4.78 is 5.50. The number of carbonyl (C=O) groups excluding carboxylic acids is 1. The predicted molar refractivity (Wildman–Crippen MR) is 87.8 cm³/mol. The molecule has 1 aliphatic heterocycles. The fourth-order valence-corrected chi connectivity index (χ4v) is 2.85. The molecule has 22 heavy (non-hydrogen) atoms. The molecule has 3 nitrogen and oxygen atoms in total. The molecule has 0 atom stereocenters. The highest BCUT2D eigenvalue weighted by Crippen LogP contribution is 2.24. The molecular weight excluding hydrogens is 274 g/mol. The van der Waals surface area contributed by atoms with Crippen molar-refractivity contribution in [1.29, 1.82) is 0 Å². The van der Waals surface area contributed by atoms with Gasteiger partial charge in [-0.2, -0.15) is 0 Å². The molecule has 2 aromatic carbocycles. The summed E-state index contributed by atoms with van der Waals surface area (Å²) in [7, 11) is 0. The number of amides is 1. The van der Waals surface area contributed by atoms with Gasteiger partial charge in [-0.15, -0.1) is 0 Å². The van der Waals surface area contributed by atoms with Gasteiger partial charge in [0.05, 0.1) is 18.8 Å². The molecule has 3 rings (SSSR count). The monoisotopic (exact) mass is 295 g/mol. The first-order valence-corrected chi connectivity index (χ1v) is 7.63. The van der Waals surface area contributed by atoms with Crippen LogP contribution in [-0.4, -0.2) is 36.1 Å². The quantitative estimate of drug-likeness (QED) is 0.847. The Morgan fingerprint density at radius 1 is 1.05 bits per heavy atom. The SMILES string of the molecule is CC1(C)COCCN1C(=O)c1cccc(-c2ccccc2)c1. The van der Waals surface area contributed by atoms with Gasteiger partial charge in [-0.1, -0.05) is 42.5 Å². The minimum atomic E-state index is -0.266. The molecule has 0 saturated carbocycles. The Morgan fingerprint density at radius 2 is 1.77 bits per heavy atom. The smallest absolute Gasteiger partial charge is 0.254 e. The van der Waals surface area contributed by atoms with Crippen molar-refractivity contribution < 1.29 is 9.53 Å². The van der Waals surface area contributed by atoms with E-state index in [0.717, 1.165) is 16.7 Å². The molecular formula is C19H21NO2. The Morgan fingerprint density at radius 3 is 2.50 bits per heavy atom. The lowest BCUT2D eigenvalue weighted by Gasteiger charge is -2.42. The van der Waals surface area contributed by atoms with Gasteiger partial charge in [0.15, 0.2) is 0 Å². The number of ether oxygens (including phenoxy) is 1. The van der Waals surface area contributed by atoms with Crippen LogP contribution in [0.2, 0.25) is 0 Å².